The first kappa shape index (κ1) is 20.4. The van der Waals surface area contributed by atoms with Crippen molar-refractivity contribution in [3.05, 3.63) is 76.9 Å². The standard InChI is InChI=1S/C24H17NO8/c1-12(26)25(33-13(2)27)19-10-18-22(11-20(19)29)31-21-9-14(28)7-8-17(21)24(18)16-6-4-3-5-15(16)23(30)32-24/h3-11,28-29H,1-2H3. The van der Waals surface area contributed by atoms with Crippen molar-refractivity contribution in [1.82, 2.24) is 0 Å². The lowest BCUT2D eigenvalue weighted by atomic mass is 9.77. The number of rotatable bonds is 1. The summed E-state index contributed by atoms with van der Waals surface area (Å²) in [6.45, 7) is 2.28. The predicted molar refractivity (Wildman–Crippen MR) is 113 cm³/mol. The number of aromatic hydroxyl groups is 2. The van der Waals surface area contributed by atoms with Crippen LogP contribution in [0.2, 0.25) is 0 Å². The summed E-state index contributed by atoms with van der Waals surface area (Å²) in [6, 6.07) is 13.8. The number of nitrogens with zero attached hydrogens (tertiary/aromatic N) is 1. The maximum Gasteiger partial charge on any atom is 0.340 e. The molecule has 2 aliphatic rings. The number of esters is 1. The van der Waals surface area contributed by atoms with Gasteiger partial charge >= 0.3 is 11.9 Å². The summed E-state index contributed by atoms with van der Waals surface area (Å²) in [5.74, 6) is -2.14. The largest absolute Gasteiger partial charge is 0.508 e. The van der Waals surface area contributed by atoms with Gasteiger partial charge in [-0.1, -0.05) is 18.2 Å². The molecule has 0 saturated heterocycles. The van der Waals surface area contributed by atoms with E-state index in [1.807, 2.05) is 0 Å². The van der Waals surface area contributed by atoms with Gasteiger partial charge in [-0.05, 0) is 24.3 Å². The van der Waals surface area contributed by atoms with Gasteiger partial charge in [-0.15, -0.1) is 5.06 Å². The summed E-state index contributed by atoms with van der Waals surface area (Å²) < 4.78 is 11.9. The van der Waals surface area contributed by atoms with Gasteiger partial charge in [0.05, 0.1) is 11.1 Å². The molecule has 3 aromatic rings. The zero-order valence-electron chi connectivity index (χ0n) is 17.5. The number of phenols is 2. The van der Waals surface area contributed by atoms with Crippen LogP contribution in [0.25, 0.3) is 0 Å². The predicted octanol–water partition coefficient (Wildman–Crippen LogP) is 3.50. The van der Waals surface area contributed by atoms with Crippen molar-refractivity contribution in [1.29, 1.82) is 0 Å². The lowest BCUT2D eigenvalue weighted by molar-refractivity contribution is -0.147. The van der Waals surface area contributed by atoms with Gasteiger partial charge in [0.15, 0.2) is 5.60 Å². The van der Waals surface area contributed by atoms with Crippen molar-refractivity contribution >= 4 is 23.5 Å². The molecule has 2 heterocycles. The first-order valence-electron chi connectivity index (χ1n) is 9.93. The second-order valence-corrected chi connectivity index (χ2v) is 7.63. The fourth-order valence-electron chi connectivity index (χ4n) is 4.26. The molecule has 0 bridgehead atoms. The molecule has 1 unspecified atom stereocenters. The summed E-state index contributed by atoms with van der Waals surface area (Å²) in [4.78, 5) is 41.6. The van der Waals surface area contributed by atoms with Crippen molar-refractivity contribution in [3.63, 3.8) is 0 Å². The summed E-state index contributed by atoms with van der Waals surface area (Å²) >= 11 is 0. The normalized spacial score (nSPS) is 17.3. The summed E-state index contributed by atoms with van der Waals surface area (Å²) in [7, 11) is 0. The Bertz CT molecular complexity index is 1360. The van der Waals surface area contributed by atoms with Crippen molar-refractivity contribution in [3.8, 4) is 23.0 Å². The molecule has 166 valence electrons. The van der Waals surface area contributed by atoms with E-state index in [9.17, 15) is 24.6 Å². The van der Waals surface area contributed by atoms with Crippen LogP contribution in [0.1, 0.15) is 40.9 Å². The Hall–Kier alpha value is -4.53. The number of hydrogen-bond donors (Lipinski definition) is 2. The number of anilines is 1. The fraction of sp³-hybridized carbons (Fsp3) is 0.125. The van der Waals surface area contributed by atoms with E-state index in [1.165, 1.54) is 24.3 Å². The van der Waals surface area contributed by atoms with Gasteiger partial charge in [0.2, 0.25) is 0 Å². The molecule has 0 aromatic heterocycles. The first-order chi connectivity index (χ1) is 15.7. The first-order valence-corrected chi connectivity index (χ1v) is 9.93. The Morgan fingerprint density at radius 2 is 1.67 bits per heavy atom. The molecule has 33 heavy (non-hydrogen) atoms. The Balaban J connectivity index is 1.83. The number of carbonyl (C=O) groups is 3. The monoisotopic (exact) mass is 447 g/mol. The van der Waals surface area contributed by atoms with E-state index < -0.39 is 29.2 Å². The maximum absolute atomic E-state index is 12.9. The zero-order chi connectivity index (χ0) is 23.5. The Morgan fingerprint density at radius 1 is 0.939 bits per heavy atom. The molecular weight excluding hydrogens is 430 g/mol. The molecule has 0 fully saturated rings. The summed E-state index contributed by atoms with van der Waals surface area (Å²) in [6.07, 6.45) is 0. The van der Waals surface area contributed by atoms with Crippen molar-refractivity contribution in [2.24, 2.45) is 0 Å². The minimum absolute atomic E-state index is 0.0663. The number of ether oxygens (including phenoxy) is 2. The van der Waals surface area contributed by atoms with E-state index in [1.54, 1.807) is 30.3 Å². The summed E-state index contributed by atoms with van der Waals surface area (Å²) in [5.41, 5.74) is -0.0462. The lowest BCUT2D eigenvalue weighted by Gasteiger charge is -2.37. The minimum atomic E-state index is -1.49. The third-order valence-electron chi connectivity index (χ3n) is 5.52. The minimum Gasteiger partial charge on any atom is -0.508 e. The number of fused-ring (bicyclic) bond motifs is 6. The van der Waals surface area contributed by atoms with Crippen LogP contribution in [0.15, 0.2) is 54.6 Å². The van der Waals surface area contributed by atoms with E-state index >= 15 is 0 Å². The molecule has 2 N–H and O–H groups in total. The molecular formula is C24H17NO8. The Kier molecular flexibility index (Phi) is 4.32. The van der Waals surface area contributed by atoms with Crippen LogP contribution in [0.3, 0.4) is 0 Å². The van der Waals surface area contributed by atoms with Crippen LogP contribution >= 0.6 is 0 Å². The molecule has 0 saturated carbocycles. The molecule has 5 rings (SSSR count). The quantitative estimate of drug-likeness (QED) is 0.429. The summed E-state index contributed by atoms with van der Waals surface area (Å²) in [5, 5.41) is 21.3. The number of phenolic OH excluding ortho intramolecular Hbond substituents is 2. The second-order valence-electron chi connectivity index (χ2n) is 7.63. The molecule has 0 aliphatic carbocycles. The topological polar surface area (TPSA) is 123 Å². The number of amides is 1. The SMILES string of the molecule is CC(=O)ON(C(C)=O)c1cc2c(cc1O)Oc1cc(O)ccc1C21OC(=O)c2ccccc21. The van der Waals surface area contributed by atoms with Crippen LogP contribution in [0.5, 0.6) is 23.0 Å². The van der Waals surface area contributed by atoms with Gasteiger partial charge in [0.1, 0.15) is 28.7 Å². The van der Waals surface area contributed by atoms with Gasteiger partial charge in [0.25, 0.3) is 5.91 Å². The molecule has 1 spiro atoms. The fourth-order valence-corrected chi connectivity index (χ4v) is 4.26. The average molecular weight is 447 g/mol. The highest BCUT2D eigenvalue weighted by Gasteiger charge is 2.54. The van der Waals surface area contributed by atoms with Crippen LogP contribution in [0.4, 0.5) is 5.69 Å². The van der Waals surface area contributed by atoms with Crippen molar-refractivity contribution < 1.29 is 38.9 Å². The number of hydrogen-bond acceptors (Lipinski definition) is 8. The molecule has 0 radical (unpaired) electrons. The second kappa shape index (κ2) is 6.99. The smallest absolute Gasteiger partial charge is 0.340 e. The van der Waals surface area contributed by atoms with E-state index in [2.05, 4.69) is 0 Å². The lowest BCUT2D eigenvalue weighted by Crippen LogP contribution is -2.34. The van der Waals surface area contributed by atoms with Crippen molar-refractivity contribution in [2.45, 2.75) is 19.4 Å². The Labute approximate surface area is 187 Å². The van der Waals surface area contributed by atoms with E-state index in [0.717, 1.165) is 13.8 Å². The van der Waals surface area contributed by atoms with Gasteiger partial charge < -0.3 is 24.5 Å². The van der Waals surface area contributed by atoms with E-state index in [-0.39, 0.29) is 22.9 Å². The molecule has 9 heteroatoms. The van der Waals surface area contributed by atoms with Crippen LogP contribution < -0.4 is 9.80 Å². The molecule has 1 amide bonds. The number of benzene rings is 3. The highest BCUT2D eigenvalue weighted by Crippen LogP contribution is 2.58. The average Bonchev–Trinajstić information content (AvgIpc) is 3.05. The number of hydroxylamine groups is 1. The molecule has 1 atom stereocenters. The molecule has 2 aliphatic heterocycles. The van der Waals surface area contributed by atoms with E-state index in [4.69, 9.17) is 14.3 Å². The van der Waals surface area contributed by atoms with Gasteiger partial charge in [-0.3, -0.25) is 4.79 Å². The highest BCUT2D eigenvalue weighted by atomic mass is 16.7. The zero-order valence-corrected chi connectivity index (χ0v) is 17.5. The third-order valence-corrected chi connectivity index (χ3v) is 5.52. The van der Waals surface area contributed by atoms with E-state index in [0.29, 0.717) is 27.3 Å². The molecule has 9 nitrogen and oxygen atoms in total. The van der Waals surface area contributed by atoms with Gasteiger partial charge in [0, 0.05) is 37.1 Å². The highest BCUT2D eigenvalue weighted by molar-refractivity contribution is 5.98. The number of carbonyl (C=O) groups excluding carboxylic acids is 3. The van der Waals surface area contributed by atoms with Gasteiger partial charge in [-0.2, -0.15) is 0 Å². The third kappa shape index (κ3) is 2.89. The van der Waals surface area contributed by atoms with Crippen LogP contribution in [-0.2, 0) is 24.8 Å². The van der Waals surface area contributed by atoms with Crippen LogP contribution in [0, 0.1) is 0 Å². The molecule has 3 aromatic carbocycles. The van der Waals surface area contributed by atoms with Crippen LogP contribution in [-0.4, -0.2) is 28.1 Å². The maximum atomic E-state index is 12.9. The Morgan fingerprint density at radius 3 is 2.39 bits per heavy atom. The van der Waals surface area contributed by atoms with Gasteiger partial charge in [-0.25, -0.2) is 9.59 Å². The van der Waals surface area contributed by atoms with Crippen molar-refractivity contribution in [2.75, 3.05) is 5.06 Å².